The van der Waals surface area contributed by atoms with Crippen molar-refractivity contribution in [2.24, 2.45) is 0 Å². The molecule has 2 aromatic carbocycles. The van der Waals surface area contributed by atoms with Gasteiger partial charge in [0.1, 0.15) is 5.58 Å². The van der Waals surface area contributed by atoms with E-state index in [1.165, 1.54) is 5.56 Å². The molecule has 1 amide bonds. The van der Waals surface area contributed by atoms with Crippen LogP contribution in [0.25, 0.3) is 11.0 Å². The Balaban J connectivity index is 1.62. The minimum atomic E-state index is -3.12. The van der Waals surface area contributed by atoms with Crippen LogP contribution in [0.15, 0.2) is 53.1 Å². The maximum atomic E-state index is 13.6. The lowest BCUT2D eigenvalue weighted by Crippen LogP contribution is -2.41. The number of rotatable bonds is 6. The summed E-state index contributed by atoms with van der Waals surface area (Å²) in [5.41, 5.74) is 4.80. The number of fused-ring (bicyclic) bond motifs is 1. The highest BCUT2D eigenvalue weighted by molar-refractivity contribution is 7.91. The van der Waals surface area contributed by atoms with E-state index in [1.54, 1.807) is 11.2 Å². The van der Waals surface area contributed by atoms with E-state index in [1.807, 2.05) is 49.3 Å². The molecule has 4 rings (SSSR count). The van der Waals surface area contributed by atoms with Crippen LogP contribution in [0.2, 0.25) is 0 Å². The third-order valence-corrected chi connectivity index (χ3v) is 8.39. The van der Waals surface area contributed by atoms with Gasteiger partial charge in [0.2, 0.25) is 5.91 Å². The highest BCUT2D eigenvalue weighted by atomic mass is 32.2. The van der Waals surface area contributed by atoms with Gasteiger partial charge in [0, 0.05) is 43.3 Å². The zero-order valence-electron chi connectivity index (χ0n) is 20.7. The molecule has 0 aliphatic carbocycles. The van der Waals surface area contributed by atoms with E-state index in [0.717, 1.165) is 27.8 Å². The van der Waals surface area contributed by atoms with E-state index >= 15 is 0 Å². The molecule has 0 bridgehead atoms. The summed E-state index contributed by atoms with van der Waals surface area (Å²) in [6, 6.07) is 13.8. The van der Waals surface area contributed by atoms with Gasteiger partial charge in [0.25, 0.3) is 0 Å². The van der Waals surface area contributed by atoms with Crippen molar-refractivity contribution in [1.82, 2.24) is 4.90 Å². The number of amides is 1. The summed E-state index contributed by atoms with van der Waals surface area (Å²) in [5.74, 6) is 0.0713. The van der Waals surface area contributed by atoms with Crippen LogP contribution in [0, 0.1) is 0 Å². The topological polar surface area (TPSA) is 70.8 Å². The van der Waals surface area contributed by atoms with Crippen molar-refractivity contribution in [1.29, 1.82) is 0 Å². The molecule has 6 nitrogen and oxygen atoms in total. The van der Waals surface area contributed by atoms with Crippen molar-refractivity contribution < 1.29 is 17.6 Å². The number of nitrogens with zero attached hydrogens (tertiary/aromatic N) is 2. The molecule has 34 heavy (non-hydrogen) atoms. The van der Waals surface area contributed by atoms with E-state index in [-0.39, 0.29) is 35.3 Å². The summed E-state index contributed by atoms with van der Waals surface area (Å²) in [4.78, 5) is 17.4. The van der Waals surface area contributed by atoms with Crippen LogP contribution < -0.4 is 4.90 Å². The number of furan rings is 1. The Kier molecular flexibility index (Phi) is 6.51. The standard InChI is InChI=1S/C27H34N2O4S/c1-27(2,3)21-8-11-25-24(15-21)20(17-33-25)14-26(30)29(23-12-13-34(31,32)18-23)16-19-6-9-22(10-7-19)28(4)5/h6-11,15,17,23H,12-14,16,18H2,1-5H3. The van der Waals surface area contributed by atoms with Gasteiger partial charge in [-0.3, -0.25) is 4.79 Å². The molecule has 0 saturated carbocycles. The lowest BCUT2D eigenvalue weighted by molar-refractivity contribution is -0.133. The van der Waals surface area contributed by atoms with E-state index in [9.17, 15) is 13.2 Å². The number of carbonyl (C=O) groups excluding carboxylic acids is 1. The van der Waals surface area contributed by atoms with E-state index in [2.05, 4.69) is 32.9 Å². The fraction of sp³-hybridized carbons (Fsp3) is 0.444. The molecule has 1 atom stereocenters. The summed E-state index contributed by atoms with van der Waals surface area (Å²) >= 11 is 0. The molecule has 1 aliphatic heterocycles. The first kappa shape index (κ1) is 24.3. The molecule has 3 aromatic rings. The Bertz CT molecular complexity index is 1280. The third-order valence-electron chi connectivity index (χ3n) is 6.64. The van der Waals surface area contributed by atoms with E-state index < -0.39 is 9.84 Å². The van der Waals surface area contributed by atoms with Gasteiger partial charge in [-0.1, -0.05) is 39.0 Å². The molecular formula is C27H34N2O4S. The molecule has 2 heterocycles. The molecule has 0 radical (unpaired) electrons. The average molecular weight is 483 g/mol. The van der Waals surface area contributed by atoms with Crippen molar-refractivity contribution in [2.75, 3.05) is 30.5 Å². The fourth-order valence-corrected chi connectivity index (χ4v) is 6.22. The SMILES string of the molecule is CN(C)c1ccc(CN(C(=O)Cc2coc3ccc(C(C)(C)C)cc23)C2CCS(=O)(=O)C2)cc1. The summed E-state index contributed by atoms with van der Waals surface area (Å²) in [6.07, 6.45) is 2.31. The average Bonchev–Trinajstić information content (AvgIpc) is 3.33. The number of hydrogen-bond acceptors (Lipinski definition) is 5. The monoisotopic (exact) mass is 482 g/mol. The molecule has 0 N–H and O–H groups in total. The fourth-order valence-electron chi connectivity index (χ4n) is 4.49. The Hall–Kier alpha value is -2.80. The zero-order chi connectivity index (χ0) is 24.7. The quantitative estimate of drug-likeness (QED) is 0.515. The Morgan fingerprint density at radius 2 is 1.79 bits per heavy atom. The van der Waals surface area contributed by atoms with Crippen molar-refractivity contribution in [3.8, 4) is 0 Å². The molecule has 7 heteroatoms. The molecule has 1 saturated heterocycles. The van der Waals surface area contributed by atoms with E-state index in [4.69, 9.17) is 4.42 Å². The van der Waals surface area contributed by atoms with Crippen LogP contribution in [0.3, 0.4) is 0 Å². The summed E-state index contributed by atoms with van der Waals surface area (Å²) in [5, 5.41) is 0.940. The van der Waals surface area contributed by atoms with Crippen molar-refractivity contribution in [3.05, 3.63) is 65.4 Å². The van der Waals surface area contributed by atoms with Crippen LogP contribution in [-0.2, 0) is 33.0 Å². The van der Waals surface area contributed by atoms with Gasteiger partial charge < -0.3 is 14.2 Å². The number of carbonyl (C=O) groups is 1. The highest BCUT2D eigenvalue weighted by Crippen LogP contribution is 2.30. The molecule has 0 spiro atoms. The second kappa shape index (κ2) is 9.10. The largest absolute Gasteiger partial charge is 0.464 e. The predicted octanol–water partition coefficient (Wildman–Crippen LogP) is 4.55. The van der Waals surface area contributed by atoms with Crippen LogP contribution in [0.1, 0.15) is 43.9 Å². The second-order valence-corrected chi connectivity index (χ2v) is 12.8. The van der Waals surface area contributed by atoms with E-state index in [0.29, 0.717) is 13.0 Å². The van der Waals surface area contributed by atoms with Gasteiger partial charge >= 0.3 is 0 Å². The molecular weight excluding hydrogens is 448 g/mol. The van der Waals surface area contributed by atoms with Gasteiger partial charge in [0.15, 0.2) is 9.84 Å². The normalized spacial score (nSPS) is 17.7. The van der Waals surface area contributed by atoms with Crippen LogP contribution in [0.5, 0.6) is 0 Å². The van der Waals surface area contributed by atoms with Gasteiger partial charge in [0.05, 0.1) is 24.2 Å². The number of anilines is 1. The Morgan fingerprint density at radius 3 is 2.38 bits per heavy atom. The number of benzene rings is 2. The minimum absolute atomic E-state index is 0.0182. The molecule has 182 valence electrons. The lowest BCUT2D eigenvalue weighted by atomic mass is 9.86. The maximum Gasteiger partial charge on any atom is 0.227 e. The summed E-state index contributed by atoms with van der Waals surface area (Å²) in [7, 11) is 0.839. The smallest absolute Gasteiger partial charge is 0.227 e. The Labute approximate surface area is 202 Å². The Morgan fingerprint density at radius 1 is 1.09 bits per heavy atom. The van der Waals surface area contributed by atoms with Crippen LogP contribution >= 0.6 is 0 Å². The first-order valence-corrected chi connectivity index (χ1v) is 13.5. The maximum absolute atomic E-state index is 13.6. The van der Waals surface area contributed by atoms with Crippen molar-refractivity contribution in [3.63, 3.8) is 0 Å². The van der Waals surface area contributed by atoms with Crippen LogP contribution in [0.4, 0.5) is 5.69 Å². The van der Waals surface area contributed by atoms with Gasteiger partial charge in [-0.15, -0.1) is 0 Å². The minimum Gasteiger partial charge on any atom is -0.464 e. The third kappa shape index (κ3) is 5.30. The number of sulfone groups is 1. The number of hydrogen-bond donors (Lipinski definition) is 0. The van der Waals surface area contributed by atoms with Gasteiger partial charge in [-0.2, -0.15) is 0 Å². The lowest BCUT2D eigenvalue weighted by Gasteiger charge is -2.29. The van der Waals surface area contributed by atoms with Gasteiger partial charge in [-0.25, -0.2) is 8.42 Å². The first-order chi connectivity index (χ1) is 15.9. The van der Waals surface area contributed by atoms with Crippen LogP contribution in [-0.4, -0.2) is 50.9 Å². The first-order valence-electron chi connectivity index (χ1n) is 11.7. The molecule has 1 aliphatic rings. The van der Waals surface area contributed by atoms with Gasteiger partial charge in [-0.05, 0) is 47.2 Å². The van der Waals surface area contributed by atoms with Crippen molar-refractivity contribution >= 4 is 32.4 Å². The summed E-state index contributed by atoms with van der Waals surface area (Å²) < 4.78 is 30.1. The summed E-state index contributed by atoms with van der Waals surface area (Å²) in [6.45, 7) is 6.85. The molecule has 1 aromatic heterocycles. The highest BCUT2D eigenvalue weighted by Gasteiger charge is 2.35. The van der Waals surface area contributed by atoms with Crippen molar-refractivity contribution in [2.45, 2.75) is 51.6 Å². The predicted molar refractivity (Wildman–Crippen MR) is 137 cm³/mol. The molecule has 1 fully saturated rings. The molecule has 1 unspecified atom stereocenters. The second-order valence-electron chi connectivity index (χ2n) is 10.5. The zero-order valence-corrected chi connectivity index (χ0v) is 21.5.